The Morgan fingerprint density at radius 1 is 0.935 bits per heavy atom. The Morgan fingerprint density at radius 3 is 2.24 bits per heavy atom. The molecule has 6 rings (SSSR count). The fourth-order valence-electron chi connectivity index (χ4n) is 7.64. The van der Waals surface area contributed by atoms with E-state index in [1.807, 2.05) is 0 Å². The average molecular weight is 659 g/mol. The van der Waals surface area contributed by atoms with Crippen LogP contribution in [0.15, 0.2) is 0 Å². The Kier molecular flexibility index (Phi) is 11.8. The zero-order valence-corrected chi connectivity index (χ0v) is 26.5. The number of ether oxygens (including phenoxy) is 5. The lowest BCUT2D eigenvalue weighted by atomic mass is 9.72. The number of halogens is 2. The zero-order valence-electron chi connectivity index (χ0n) is 26.5. The lowest BCUT2D eigenvalue weighted by Crippen LogP contribution is -2.63. The summed E-state index contributed by atoms with van der Waals surface area (Å²) < 4.78 is 54.3. The number of fused-ring (bicyclic) bond motifs is 5. The van der Waals surface area contributed by atoms with Gasteiger partial charge in [-0.05, 0) is 71.1 Å². The molecule has 0 aromatic heterocycles. The van der Waals surface area contributed by atoms with E-state index in [-0.39, 0.29) is 55.5 Å². The summed E-state index contributed by atoms with van der Waals surface area (Å²) >= 11 is 0. The second kappa shape index (κ2) is 15.6. The van der Waals surface area contributed by atoms with Crippen LogP contribution in [-0.4, -0.2) is 118 Å². The standard InChI is InChI=1S/C31H48F2N4O9/c1-20(43-17-31-10-6-23(46-31)7-11-31)24(34-18-38)26(40)36-27(45-16-30-8-4-22(5-9-30)44-15-30)25(35-19-39)28(41)37-12-2-3-21(13-37)14-42-29(32)33/h18-25,27,29H,2-17H2,1H3,(H,34,38)(H,35,39)(H,36,40). The molecule has 1 saturated carbocycles. The SMILES string of the molecule is CC(OCC12CCC(CC1)O2)C(NC=O)C(=O)NC(OCC12CCC(CC1)OC2)C(NC=O)C(=O)N1CCCC(COC(F)F)C1. The Labute approximate surface area is 268 Å². The fourth-order valence-corrected chi connectivity index (χ4v) is 7.64. The van der Waals surface area contributed by atoms with Gasteiger partial charge in [-0.15, -0.1) is 0 Å². The molecule has 0 aromatic rings. The molecule has 6 aliphatic rings. The van der Waals surface area contributed by atoms with E-state index >= 15 is 0 Å². The van der Waals surface area contributed by atoms with Gasteiger partial charge >= 0.3 is 6.61 Å². The minimum Gasteiger partial charge on any atom is -0.378 e. The molecule has 5 atom stereocenters. The molecule has 13 nitrogen and oxygen atoms in total. The van der Waals surface area contributed by atoms with E-state index in [2.05, 4.69) is 20.7 Å². The molecular weight excluding hydrogens is 610 g/mol. The number of carbonyl (C=O) groups is 4. The molecule has 5 unspecified atom stereocenters. The van der Waals surface area contributed by atoms with Gasteiger partial charge in [-0.2, -0.15) is 8.78 Å². The molecule has 0 aromatic carbocycles. The molecule has 4 amide bonds. The van der Waals surface area contributed by atoms with E-state index < -0.39 is 42.8 Å². The predicted molar refractivity (Wildman–Crippen MR) is 157 cm³/mol. The number of hydrogen-bond donors (Lipinski definition) is 3. The van der Waals surface area contributed by atoms with Gasteiger partial charge < -0.3 is 44.5 Å². The number of carbonyl (C=O) groups excluding carboxylic acids is 4. The third-order valence-electron chi connectivity index (χ3n) is 10.4. The summed E-state index contributed by atoms with van der Waals surface area (Å²) in [5.41, 5.74) is -0.683. The van der Waals surface area contributed by atoms with Crippen LogP contribution in [0, 0.1) is 11.3 Å². The monoisotopic (exact) mass is 658 g/mol. The van der Waals surface area contributed by atoms with Crippen LogP contribution in [0.3, 0.4) is 0 Å². The van der Waals surface area contributed by atoms with Gasteiger partial charge in [0.25, 0.3) is 0 Å². The highest BCUT2D eigenvalue weighted by Gasteiger charge is 2.47. The minimum absolute atomic E-state index is 0.146. The molecule has 5 aliphatic heterocycles. The first-order valence-corrected chi connectivity index (χ1v) is 16.6. The van der Waals surface area contributed by atoms with Crippen molar-refractivity contribution in [2.24, 2.45) is 11.3 Å². The number of hydrogen-bond acceptors (Lipinski definition) is 9. The highest BCUT2D eigenvalue weighted by molar-refractivity contribution is 5.88. The maximum atomic E-state index is 13.9. The van der Waals surface area contributed by atoms with Crippen molar-refractivity contribution in [1.29, 1.82) is 0 Å². The second-order valence-corrected chi connectivity index (χ2v) is 13.7. The van der Waals surface area contributed by atoms with Crippen LogP contribution < -0.4 is 16.0 Å². The first-order chi connectivity index (χ1) is 22.1. The summed E-state index contributed by atoms with van der Waals surface area (Å²) in [6.07, 6.45) is 7.51. The van der Waals surface area contributed by atoms with E-state index in [4.69, 9.17) is 18.9 Å². The van der Waals surface area contributed by atoms with Crippen molar-refractivity contribution < 1.29 is 51.6 Å². The van der Waals surface area contributed by atoms with Crippen molar-refractivity contribution in [2.45, 2.75) is 120 Å². The number of nitrogens with zero attached hydrogens (tertiary/aromatic N) is 1. The van der Waals surface area contributed by atoms with Crippen molar-refractivity contribution in [3.8, 4) is 0 Å². The topological polar surface area (TPSA) is 154 Å². The minimum atomic E-state index is -2.92. The third-order valence-corrected chi connectivity index (χ3v) is 10.4. The van der Waals surface area contributed by atoms with Gasteiger partial charge in [0, 0.05) is 24.4 Å². The highest BCUT2D eigenvalue weighted by atomic mass is 19.3. The molecule has 5 heterocycles. The van der Waals surface area contributed by atoms with Crippen LogP contribution in [-0.2, 0) is 42.9 Å². The van der Waals surface area contributed by atoms with Crippen LogP contribution in [0.25, 0.3) is 0 Å². The zero-order chi connectivity index (χ0) is 32.7. The molecule has 260 valence electrons. The molecule has 4 bridgehead atoms. The first-order valence-electron chi connectivity index (χ1n) is 16.6. The normalized spacial score (nSPS) is 32.9. The van der Waals surface area contributed by atoms with Gasteiger partial charge in [0.1, 0.15) is 6.04 Å². The predicted octanol–water partition coefficient (Wildman–Crippen LogP) is 1.23. The lowest BCUT2D eigenvalue weighted by Gasteiger charge is -2.46. The highest BCUT2D eigenvalue weighted by Crippen LogP contribution is 2.44. The summed E-state index contributed by atoms with van der Waals surface area (Å²) in [5.74, 6) is -1.51. The molecule has 0 radical (unpaired) electrons. The largest absolute Gasteiger partial charge is 0.378 e. The Bertz CT molecular complexity index is 1040. The molecule has 5 saturated heterocycles. The fraction of sp³-hybridized carbons (Fsp3) is 0.871. The van der Waals surface area contributed by atoms with Gasteiger partial charge in [0.05, 0.1) is 50.3 Å². The molecule has 3 N–H and O–H groups in total. The van der Waals surface area contributed by atoms with Crippen LogP contribution in [0.4, 0.5) is 8.78 Å². The van der Waals surface area contributed by atoms with Crippen LogP contribution in [0.5, 0.6) is 0 Å². The van der Waals surface area contributed by atoms with Gasteiger partial charge in [-0.3, -0.25) is 19.2 Å². The number of rotatable bonds is 18. The summed E-state index contributed by atoms with van der Waals surface area (Å²) in [4.78, 5) is 52.6. The van der Waals surface area contributed by atoms with Gasteiger partial charge in [0.15, 0.2) is 12.3 Å². The molecule has 1 aliphatic carbocycles. The third kappa shape index (κ3) is 8.52. The van der Waals surface area contributed by atoms with Crippen LogP contribution >= 0.6 is 0 Å². The van der Waals surface area contributed by atoms with E-state index in [1.54, 1.807) is 6.92 Å². The molecular formula is C31H48F2N4O9. The number of likely N-dealkylation sites (tertiary alicyclic amines) is 1. The van der Waals surface area contributed by atoms with Gasteiger partial charge in [-0.1, -0.05) is 0 Å². The van der Waals surface area contributed by atoms with Crippen LogP contribution in [0.2, 0.25) is 0 Å². The molecule has 15 heteroatoms. The summed E-state index contributed by atoms with van der Waals surface area (Å²) in [6.45, 7) is -0.0397. The van der Waals surface area contributed by atoms with Crippen molar-refractivity contribution >= 4 is 24.6 Å². The van der Waals surface area contributed by atoms with Gasteiger partial charge in [-0.25, -0.2) is 0 Å². The Morgan fingerprint density at radius 2 is 1.63 bits per heavy atom. The van der Waals surface area contributed by atoms with E-state index in [0.717, 1.165) is 51.4 Å². The van der Waals surface area contributed by atoms with E-state index in [9.17, 15) is 28.0 Å². The Balaban J connectivity index is 1.29. The molecule has 6 fully saturated rings. The van der Waals surface area contributed by atoms with Crippen molar-refractivity contribution in [1.82, 2.24) is 20.9 Å². The Hall–Kier alpha value is -2.46. The number of alkyl halides is 2. The van der Waals surface area contributed by atoms with Gasteiger partial charge in [0.2, 0.25) is 24.6 Å². The summed E-state index contributed by atoms with van der Waals surface area (Å²) in [6, 6.07) is -2.47. The number of piperidine rings is 1. The lowest BCUT2D eigenvalue weighted by molar-refractivity contribution is -0.166. The van der Waals surface area contributed by atoms with E-state index in [1.165, 1.54) is 4.90 Å². The van der Waals surface area contributed by atoms with Crippen molar-refractivity contribution in [3.05, 3.63) is 0 Å². The quantitative estimate of drug-likeness (QED) is 0.146. The second-order valence-electron chi connectivity index (χ2n) is 13.7. The van der Waals surface area contributed by atoms with E-state index in [0.29, 0.717) is 38.8 Å². The average Bonchev–Trinajstić information content (AvgIpc) is 3.68. The van der Waals surface area contributed by atoms with Crippen molar-refractivity contribution in [3.63, 3.8) is 0 Å². The number of amides is 4. The first kappa shape index (κ1) is 34.9. The molecule has 46 heavy (non-hydrogen) atoms. The maximum absolute atomic E-state index is 13.9. The smallest absolute Gasteiger partial charge is 0.345 e. The summed E-state index contributed by atoms with van der Waals surface area (Å²) in [7, 11) is 0. The van der Waals surface area contributed by atoms with Crippen LogP contribution in [0.1, 0.15) is 71.1 Å². The summed E-state index contributed by atoms with van der Waals surface area (Å²) in [5, 5.41) is 7.82. The number of nitrogens with one attached hydrogen (secondary N) is 3. The molecule has 0 spiro atoms. The maximum Gasteiger partial charge on any atom is 0.345 e. The van der Waals surface area contributed by atoms with Crippen molar-refractivity contribution in [2.75, 3.05) is 39.5 Å².